The predicted octanol–water partition coefficient (Wildman–Crippen LogP) is 3.43. The van der Waals surface area contributed by atoms with Gasteiger partial charge in [0.15, 0.2) is 5.16 Å². The van der Waals surface area contributed by atoms with E-state index >= 15 is 0 Å². The first-order valence-electron chi connectivity index (χ1n) is 7.88. The summed E-state index contributed by atoms with van der Waals surface area (Å²) in [6.07, 6.45) is 1.61. The molecule has 3 aromatic rings. The first-order chi connectivity index (χ1) is 12.6. The summed E-state index contributed by atoms with van der Waals surface area (Å²) in [7, 11) is 0. The Morgan fingerprint density at radius 2 is 2.08 bits per heavy atom. The molecule has 0 atom stereocenters. The van der Waals surface area contributed by atoms with Gasteiger partial charge in [-0.05, 0) is 30.3 Å². The van der Waals surface area contributed by atoms with Gasteiger partial charge in [0.25, 0.3) is 5.56 Å². The van der Waals surface area contributed by atoms with Crippen molar-refractivity contribution in [2.24, 2.45) is 0 Å². The van der Waals surface area contributed by atoms with Crippen LogP contribution < -0.4 is 10.9 Å². The molecule has 132 valence electrons. The molecule has 0 saturated carbocycles. The molecule has 1 heterocycles. The van der Waals surface area contributed by atoms with Gasteiger partial charge in [0.1, 0.15) is 0 Å². The summed E-state index contributed by atoms with van der Waals surface area (Å²) < 4.78 is 1.49. The second-order valence-corrected chi connectivity index (χ2v) is 6.79. The Morgan fingerprint density at radius 1 is 1.27 bits per heavy atom. The highest BCUT2D eigenvalue weighted by Crippen LogP contribution is 2.22. The fraction of sp³-hybridized carbons (Fsp3) is 0.105. The molecule has 3 rings (SSSR count). The second-order valence-electron chi connectivity index (χ2n) is 5.41. The molecule has 0 saturated heterocycles. The molecule has 0 aliphatic carbocycles. The van der Waals surface area contributed by atoms with E-state index < -0.39 is 0 Å². The Morgan fingerprint density at radius 3 is 2.85 bits per heavy atom. The van der Waals surface area contributed by atoms with Crippen LogP contribution in [0.1, 0.15) is 0 Å². The van der Waals surface area contributed by atoms with Crippen LogP contribution in [0.25, 0.3) is 16.6 Å². The van der Waals surface area contributed by atoms with E-state index in [1.54, 1.807) is 48.5 Å². The number of benzene rings is 2. The Kier molecular flexibility index (Phi) is 5.75. The third kappa shape index (κ3) is 3.98. The largest absolute Gasteiger partial charge is 0.352 e. The lowest BCUT2D eigenvalue weighted by atomic mass is 10.2. The second kappa shape index (κ2) is 8.21. The first-order valence-corrected chi connectivity index (χ1v) is 9.24. The van der Waals surface area contributed by atoms with Crippen molar-refractivity contribution in [3.63, 3.8) is 0 Å². The van der Waals surface area contributed by atoms with Crippen LogP contribution in [0.3, 0.4) is 0 Å². The van der Waals surface area contributed by atoms with Crippen LogP contribution in [0.5, 0.6) is 0 Å². The van der Waals surface area contributed by atoms with Gasteiger partial charge in [-0.15, -0.1) is 6.58 Å². The summed E-state index contributed by atoms with van der Waals surface area (Å²) in [5.41, 5.74) is 0.992. The fourth-order valence-corrected chi connectivity index (χ4v) is 3.45. The zero-order chi connectivity index (χ0) is 18.5. The molecule has 1 N–H and O–H groups in total. The van der Waals surface area contributed by atoms with Crippen LogP contribution in [-0.2, 0) is 4.79 Å². The number of thioether (sulfide) groups is 1. The summed E-state index contributed by atoms with van der Waals surface area (Å²) in [4.78, 5) is 29.5. The molecule has 7 heteroatoms. The SMILES string of the molecule is C=CCNC(=O)CSc1nc2ccccc2c(=O)n1-c1cccc(Cl)c1. The van der Waals surface area contributed by atoms with Gasteiger partial charge in [0.2, 0.25) is 5.91 Å². The molecule has 26 heavy (non-hydrogen) atoms. The van der Waals surface area contributed by atoms with Crippen molar-refractivity contribution in [1.82, 2.24) is 14.9 Å². The fourth-order valence-electron chi connectivity index (χ4n) is 2.42. The molecule has 2 aromatic carbocycles. The molecular formula is C19H16ClN3O2S. The van der Waals surface area contributed by atoms with Gasteiger partial charge in [-0.3, -0.25) is 14.2 Å². The van der Waals surface area contributed by atoms with Crippen molar-refractivity contribution in [2.75, 3.05) is 12.3 Å². The Hall–Kier alpha value is -2.57. The number of para-hydroxylation sites is 1. The summed E-state index contributed by atoms with van der Waals surface area (Å²) in [5.74, 6) is -0.0194. The van der Waals surface area contributed by atoms with E-state index in [1.165, 1.54) is 16.3 Å². The van der Waals surface area contributed by atoms with E-state index in [-0.39, 0.29) is 17.2 Å². The zero-order valence-electron chi connectivity index (χ0n) is 13.8. The predicted molar refractivity (Wildman–Crippen MR) is 106 cm³/mol. The van der Waals surface area contributed by atoms with Crippen LogP contribution in [-0.4, -0.2) is 27.8 Å². The number of halogens is 1. The van der Waals surface area contributed by atoms with E-state index in [0.717, 1.165) is 0 Å². The minimum Gasteiger partial charge on any atom is -0.352 e. The van der Waals surface area contributed by atoms with Crippen LogP contribution in [0.4, 0.5) is 0 Å². The number of nitrogens with zero attached hydrogens (tertiary/aromatic N) is 2. The smallest absolute Gasteiger partial charge is 0.266 e. The standard InChI is InChI=1S/C19H16ClN3O2S/c1-2-10-21-17(24)12-26-19-22-16-9-4-3-8-15(16)18(25)23(19)14-7-5-6-13(20)11-14/h2-9,11H,1,10,12H2,(H,21,24). The van der Waals surface area contributed by atoms with Crippen molar-refractivity contribution >= 4 is 40.2 Å². The molecule has 0 unspecified atom stereocenters. The molecule has 0 radical (unpaired) electrons. The molecule has 0 spiro atoms. The molecule has 5 nitrogen and oxygen atoms in total. The normalized spacial score (nSPS) is 10.7. The molecular weight excluding hydrogens is 370 g/mol. The Bertz CT molecular complexity index is 1030. The Balaban J connectivity index is 2.08. The van der Waals surface area contributed by atoms with Gasteiger partial charge in [-0.25, -0.2) is 4.98 Å². The molecule has 1 amide bonds. The van der Waals surface area contributed by atoms with Gasteiger partial charge >= 0.3 is 0 Å². The van der Waals surface area contributed by atoms with Crippen LogP contribution in [0.2, 0.25) is 5.02 Å². The zero-order valence-corrected chi connectivity index (χ0v) is 15.4. The molecule has 0 bridgehead atoms. The van der Waals surface area contributed by atoms with Gasteiger partial charge in [0.05, 0.1) is 22.3 Å². The van der Waals surface area contributed by atoms with E-state index in [0.29, 0.717) is 33.3 Å². The number of hydrogen-bond acceptors (Lipinski definition) is 4. The average Bonchev–Trinajstić information content (AvgIpc) is 2.64. The topological polar surface area (TPSA) is 64.0 Å². The van der Waals surface area contributed by atoms with E-state index in [4.69, 9.17) is 11.6 Å². The third-order valence-corrected chi connectivity index (χ3v) is 4.76. The van der Waals surface area contributed by atoms with E-state index in [2.05, 4.69) is 16.9 Å². The molecule has 0 aliphatic rings. The number of carbonyl (C=O) groups excluding carboxylic acids is 1. The number of carbonyl (C=O) groups is 1. The summed E-state index contributed by atoms with van der Waals surface area (Å²) in [6, 6.07) is 14.1. The quantitative estimate of drug-likeness (QED) is 0.401. The lowest BCUT2D eigenvalue weighted by molar-refractivity contribution is -0.118. The van der Waals surface area contributed by atoms with Gasteiger partial charge < -0.3 is 5.32 Å². The minimum absolute atomic E-state index is 0.138. The molecule has 0 aliphatic heterocycles. The highest BCUT2D eigenvalue weighted by molar-refractivity contribution is 7.99. The maximum absolute atomic E-state index is 13.0. The van der Waals surface area contributed by atoms with Gasteiger partial charge in [0, 0.05) is 11.6 Å². The van der Waals surface area contributed by atoms with Crippen LogP contribution in [0, 0.1) is 0 Å². The minimum atomic E-state index is -0.202. The first kappa shape index (κ1) is 18.2. The number of hydrogen-bond donors (Lipinski definition) is 1. The van der Waals surface area contributed by atoms with E-state index in [1.807, 2.05) is 6.07 Å². The number of nitrogens with one attached hydrogen (secondary N) is 1. The summed E-state index contributed by atoms with van der Waals surface area (Å²) in [5, 5.41) is 4.17. The van der Waals surface area contributed by atoms with Crippen molar-refractivity contribution in [2.45, 2.75) is 5.16 Å². The van der Waals surface area contributed by atoms with Crippen molar-refractivity contribution < 1.29 is 4.79 Å². The van der Waals surface area contributed by atoms with Crippen LogP contribution >= 0.6 is 23.4 Å². The maximum Gasteiger partial charge on any atom is 0.266 e. The highest BCUT2D eigenvalue weighted by atomic mass is 35.5. The monoisotopic (exact) mass is 385 g/mol. The number of fused-ring (bicyclic) bond motifs is 1. The molecule has 0 fully saturated rings. The van der Waals surface area contributed by atoms with Crippen LogP contribution in [0.15, 0.2) is 71.1 Å². The van der Waals surface area contributed by atoms with Crippen molar-refractivity contribution in [1.29, 1.82) is 0 Å². The van der Waals surface area contributed by atoms with E-state index in [9.17, 15) is 9.59 Å². The number of rotatable bonds is 6. The maximum atomic E-state index is 13.0. The Labute approximate surface area is 159 Å². The highest BCUT2D eigenvalue weighted by Gasteiger charge is 2.14. The third-order valence-electron chi connectivity index (χ3n) is 3.59. The van der Waals surface area contributed by atoms with Crippen molar-refractivity contribution in [3.05, 3.63) is 76.6 Å². The summed E-state index contributed by atoms with van der Waals surface area (Å²) in [6.45, 7) is 3.96. The number of amides is 1. The lowest BCUT2D eigenvalue weighted by Crippen LogP contribution is -2.26. The summed E-state index contributed by atoms with van der Waals surface area (Å²) >= 11 is 7.28. The number of aromatic nitrogens is 2. The van der Waals surface area contributed by atoms with Crippen molar-refractivity contribution in [3.8, 4) is 5.69 Å². The average molecular weight is 386 g/mol. The molecule has 1 aromatic heterocycles. The van der Waals surface area contributed by atoms with Gasteiger partial charge in [-0.1, -0.05) is 47.6 Å². The van der Waals surface area contributed by atoms with Gasteiger partial charge in [-0.2, -0.15) is 0 Å². The lowest BCUT2D eigenvalue weighted by Gasteiger charge is -2.13.